The van der Waals surface area contributed by atoms with Gasteiger partial charge >= 0.3 is 5.97 Å². The SMILES string of the molecule is Cl.O=C(O)C1CC=c2ccc3cccc4ccc1c2c43. The second kappa shape index (κ2) is 4.50. The molecule has 0 aliphatic heterocycles. The molecule has 1 aliphatic carbocycles. The van der Waals surface area contributed by atoms with Crippen molar-refractivity contribution in [2.24, 2.45) is 0 Å². The van der Waals surface area contributed by atoms with Crippen LogP contribution < -0.4 is 5.22 Å². The van der Waals surface area contributed by atoms with E-state index in [1.165, 1.54) is 16.2 Å². The van der Waals surface area contributed by atoms with Gasteiger partial charge in [-0.2, -0.15) is 0 Å². The van der Waals surface area contributed by atoms with Crippen LogP contribution in [0.1, 0.15) is 17.9 Å². The molecular formula is C17H13ClO2. The standard InChI is InChI=1S/C17H12O2.ClH/c18-17(19)14-9-7-12-5-4-10-2-1-3-11-6-8-13(14)16(12)15(10)11;/h1-8,14H,9H2,(H,18,19);1H. The Morgan fingerprint density at radius 1 is 1.00 bits per heavy atom. The van der Waals surface area contributed by atoms with Crippen molar-refractivity contribution in [2.45, 2.75) is 12.3 Å². The van der Waals surface area contributed by atoms with Gasteiger partial charge in [-0.25, -0.2) is 0 Å². The Bertz CT molecular complexity index is 867. The van der Waals surface area contributed by atoms with Crippen molar-refractivity contribution in [3.05, 3.63) is 53.2 Å². The summed E-state index contributed by atoms with van der Waals surface area (Å²) in [5.41, 5.74) is 0.953. The first-order valence-corrected chi connectivity index (χ1v) is 6.43. The van der Waals surface area contributed by atoms with Crippen molar-refractivity contribution in [3.8, 4) is 0 Å². The second-order valence-corrected chi connectivity index (χ2v) is 5.09. The molecule has 0 saturated carbocycles. The molecule has 1 N–H and O–H groups in total. The fraction of sp³-hybridized carbons (Fsp3) is 0.118. The van der Waals surface area contributed by atoms with Crippen LogP contribution in [-0.2, 0) is 4.79 Å². The van der Waals surface area contributed by atoms with E-state index in [2.05, 4.69) is 24.3 Å². The molecule has 0 heterocycles. The van der Waals surface area contributed by atoms with E-state index in [1.807, 2.05) is 24.3 Å². The quantitative estimate of drug-likeness (QED) is 0.743. The molecule has 0 fully saturated rings. The van der Waals surface area contributed by atoms with Crippen LogP contribution in [0.2, 0.25) is 0 Å². The molecular weight excluding hydrogens is 272 g/mol. The highest BCUT2D eigenvalue weighted by atomic mass is 35.5. The molecule has 4 rings (SSSR count). The summed E-state index contributed by atoms with van der Waals surface area (Å²) < 4.78 is 0. The number of hydrogen-bond donors (Lipinski definition) is 1. The van der Waals surface area contributed by atoms with Crippen LogP contribution in [0.5, 0.6) is 0 Å². The zero-order valence-electron chi connectivity index (χ0n) is 10.7. The zero-order chi connectivity index (χ0) is 13.0. The molecule has 0 spiro atoms. The number of halogens is 1. The summed E-state index contributed by atoms with van der Waals surface area (Å²) in [6.45, 7) is 0. The third kappa shape index (κ3) is 1.61. The van der Waals surface area contributed by atoms with Crippen molar-refractivity contribution < 1.29 is 9.90 Å². The fourth-order valence-electron chi connectivity index (χ4n) is 3.20. The summed E-state index contributed by atoms with van der Waals surface area (Å²) in [6.07, 6.45) is 2.63. The summed E-state index contributed by atoms with van der Waals surface area (Å²) in [4.78, 5) is 11.4. The van der Waals surface area contributed by atoms with Gasteiger partial charge in [-0.15, -0.1) is 12.4 Å². The van der Waals surface area contributed by atoms with Crippen molar-refractivity contribution >= 4 is 46.0 Å². The number of carbonyl (C=O) groups is 1. The maximum atomic E-state index is 11.4. The van der Waals surface area contributed by atoms with E-state index in [0.717, 1.165) is 16.2 Å². The van der Waals surface area contributed by atoms with Gasteiger partial charge in [-0.1, -0.05) is 48.5 Å². The fourth-order valence-corrected chi connectivity index (χ4v) is 3.20. The summed E-state index contributed by atoms with van der Waals surface area (Å²) in [7, 11) is 0. The Hall–Kier alpha value is -2.06. The van der Waals surface area contributed by atoms with Crippen molar-refractivity contribution in [3.63, 3.8) is 0 Å². The van der Waals surface area contributed by atoms with E-state index < -0.39 is 11.9 Å². The predicted molar refractivity (Wildman–Crippen MR) is 83.4 cm³/mol. The molecule has 1 aliphatic rings. The van der Waals surface area contributed by atoms with E-state index in [4.69, 9.17) is 0 Å². The zero-order valence-corrected chi connectivity index (χ0v) is 11.5. The van der Waals surface area contributed by atoms with E-state index >= 15 is 0 Å². The molecule has 3 aromatic carbocycles. The second-order valence-electron chi connectivity index (χ2n) is 5.09. The molecule has 3 aromatic rings. The first-order chi connectivity index (χ1) is 9.25. The summed E-state index contributed by atoms with van der Waals surface area (Å²) in [5.74, 6) is -1.15. The number of carboxylic acid groups (broad SMARTS) is 1. The van der Waals surface area contributed by atoms with Gasteiger partial charge in [0.1, 0.15) is 0 Å². The first kappa shape index (κ1) is 12.9. The molecule has 20 heavy (non-hydrogen) atoms. The number of hydrogen-bond acceptors (Lipinski definition) is 1. The lowest BCUT2D eigenvalue weighted by Gasteiger charge is -2.20. The van der Waals surface area contributed by atoms with Crippen LogP contribution in [0.25, 0.3) is 27.6 Å². The Kier molecular flexibility index (Phi) is 2.91. The lowest BCUT2D eigenvalue weighted by molar-refractivity contribution is -0.138. The number of benzene rings is 3. The molecule has 1 atom stereocenters. The Balaban J connectivity index is 0.00000121. The maximum Gasteiger partial charge on any atom is 0.311 e. The lowest BCUT2D eigenvalue weighted by Crippen LogP contribution is -2.19. The van der Waals surface area contributed by atoms with E-state index in [9.17, 15) is 9.90 Å². The lowest BCUT2D eigenvalue weighted by atomic mass is 9.84. The Morgan fingerprint density at radius 3 is 2.40 bits per heavy atom. The number of aliphatic carboxylic acids is 1. The number of rotatable bonds is 1. The van der Waals surface area contributed by atoms with Crippen LogP contribution in [-0.4, -0.2) is 11.1 Å². The van der Waals surface area contributed by atoms with Crippen LogP contribution in [0.4, 0.5) is 0 Å². The molecule has 0 saturated heterocycles. The minimum Gasteiger partial charge on any atom is -0.481 e. The van der Waals surface area contributed by atoms with Gasteiger partial charge in [0.05, 0.1) is 5.92 Å². The van der Waals surface area contributed by atoms with Gasteiger partial charge in [0.15, 0.2) is 0 Å². The highest BCUT2D eigenvalue weighted by molar-refractivity contribution is 6.12. The third-order valence-corrected chi connectivity index (χ3v) is 4.09. The average molecular weight is 285 g/mol. The van der Waals surface area contributed by atoms with Crippen molar-refractivity contribution in [1.82, 2.24) is 0 Å². The topological polar surface area (TPSA) is 37.3 Å². The number of carboxylic acids is 1. The molecule has 2 nitrogen and oxygen atoms in total. The van der Waals surface area contributed by atoms with Crippen LogP contribution in [0.15, 0.2) is 42.5 Å². The maximum absolute atomic E-state index is 11.4. The van der Waals surface area contributed by atoms with Crippen LogP contribution in [0.3, 0.4) is 0 Å². The largest absolute Gasteiger partial charge is 0.481 e. The predicted octanol–water partition coefficient (Wildman–Crippen LogP) is 3.49. The first-order valence-electron chi connectivity index (χ1n) is 6.43. The van der Waals surface area contributed by atoms with Gasteiger partial charge in [-0.3, -0.25) is 4.79 Å². The van der Waals surface area contributed by atoms with Gasteiger partial charge < -0.3 is 5.11 Å². The third-order valence-electron chi connectivity index (χ3n) is 4.09. The van der Waals surface area contributed by atoms with Gasteiger partial charge in [0, 0.05) is 0 Å². The molecule has 0 bridgehead atoms. The van der Waals surface area contributed by atoms with Crippen LogP contribution in [0, 0.1) is 0 Å². The highest BCUT2D eigenvalue weighted by Gasteiger charge is 2.24. The highest BCUT2D eigenvalue weighted by Crippen LogP contribution is 2.34. The Morgan fingerprint density at radius 2 is 1.70 bits per heavy atom. The monoisotopic (exact) mass is 284 g/mol. The normalized spacial score (nSPS) is 16.7. The molecule has 0 radical (unpaired) electrons. The van der Waals surface area contributed by atoms with E-state index in [0.29, 0.717) is 6.42 Å². The van der Waals surface area contributed by atoms with Crippen molar-refractivity contribution in [2.75, 3.05) is 0 Å². The molecule has 0 aromatic heterocycles. The minimum absolute atomic E-state index is 0. The summed E-state index contributed by atoms with van der Waals surface area (Å²) >= 11 is 0. The average Bonchev–Trinajstić information content (AvgIpc) is 2.44. The Labute approximate surface area is 122 Å². The van der Waals surface area contributed by atoms with E-state index in [-0.39, 0.29) is 12.4 Å². The van der Waals surface area contributed by atoms with Crippen molar-refractivity contribution in [1.29, 1.82) is 0 Å². The van der Waals surface area contributed by atoms with E-state index in [1.54, 1.807) is 0 Å². The summed E-state index contributed by atoms with van der Waals surface area (Å²) in [5, 5.41) is 15.2. The smallest absolute Gasteiger partial charge is 0.311 e. The van der Waals surface area contributed by atoms with Gasteiger partial charge in [0.25, 0.3) is 0 Å². The molecule has 1 unspecified atom stereocenters. The van der Waals surface area contributed by atoms with Gasteiger partial charge in [-0.05, 0) is 38.7 Å². The molecule has 0 amide bonds. The van der Waals surface area contributed by atoms with Crippen LogP contribution >= 0.6 is 12.4 Å². The molecule has 3 heteroatoms. The summed E-state index contributed by atoms with van der Waals surface area (Å²) in [6, 6.07) is 14.4. The molecule has 100 valence electrons. The van der Waals surface area contributed by atoms with Gasteiger partial charge in [0.2, 0.25) is 0 Å². The minimum atomic E-state index is -0.738.